The summed E-state index contributed by atoms with van der Waals surface area (Å²) in [4.78, 5) is 15.0. The molecule has 0 radical (unpaired) electrons. The van der Waals surface area contributed by atoms with E-state index in [4.69, 9.17) is 9.16 Å². The molecule has 156 valence electrons. The van der Waals surface area contributed by atoms with Crippen molar-refractivity contribution >= 4 is 14.4 Å². The molecule has 1 aromatic rings. The fraction of sp³-hybridized carbons (Fsp3) is 0.682. The van der Waals surface area contributed by atoms with Crippen LogP contribution in [0.5, 0.6) is 0 Å². The molecule has 28 heavy (non-hydrogen) atoms. The zero-order valence-corrected chi connectivity index (χ0v) is 19.2. The molecule has 5 nitrogen and oxygen atoms in total. The van der Waals surface area contributed by atoms with Gasteiger partial charge in [0, 0.05) is 12.6 Å². The van der Waals surface area contributed by atoms with Gasteiger partial charge in [0.25, 0.3) is 0 Å². The minimum Gasteiger partial charge on any atom is -0.445 e. The minimum atomic E-state index is -1.82. The first-order valence-corrected chi connectivity index (χ1v) is 13.3. The van der Waals surface area contributed by atoms with Crippen LogP contribution in [0.15, 0.2) is 30.3 Å². The van der Waals surface area contributed by atoms with Crippen LogP contribution in [0.1, 0.15) is 46.1 Å². The van der Waals surface area contributed by atoms with Crippen LogP contribution in [-0.4, -0.2) is 50.1 Å². The first-order chi connectivity index (χ1) is 13.0. The molecule has 0 saturated carbocycles. The van der Waals surface area contributed by atoms with E-state index in [1.165, 1.54) is 0 Å². The average molecular weight is 405 g/mol. The fourth-order valence-corrected chi connectivity index (χ4v) is 5.01. The normalized spacial score (nSPS) is 27.7. The molecule has 3 rings (SSSR count). The highest BCUT2D eigenvalue weighted by Gasteiger charge is 2.53. The molecule has 2 fully saturated rings. The van der Waals surface area contributed by atoms with Crippen LogP contribution >= 0.6 is 0 Å². The number of benzene rings is 1. The van der Waals surface area contributed by atoms with Gasteiger partial charge in [0.05, 0.1) is 18.2 Å². The second-order valence-corrected chi connectivity index (χ2v) is 14.9. The average Bonchev–Trinajstić information content (AvgIpc) is 2.88. The Morgan fingerprint density at radius 2 is 1.96 bits per heavy atom. The van der Waals surface area contributed by atoms with Gasteiger partial charge in [-0.15, -0.1) is 0 Å². The molecule has 0 spiro atoms. The Hall–Kier alpha value is -1.37. The van der Waals surface area contributed by atoms with E-state index in [-0.39, 0.29) is 28.8 Å². The lowest BCUT2D eigenvalue weighted by Gasteiger charge is -2.47. The second-order valence-electron chi connectivity index (χ2n) is 10.1. The lowest BCUT2D eigenvalue weighted by molar-refractivity contribution is 0.0186. The Morgan fingerprint density at radius 3 is 2.61 bits per heavy atom. The number of ether oxygens (including phenoxy) is 1. The highest BCUT2D eigenvalue weighted by molar-refractivity contribution is 6.74. The maximum atomic E-state index is 13.0. The third-order valence-corrected chi connectivity index (χ3v) is 11.4. The summed E-state index contributed by atoms with van der Waals surface area (Å²) in [6, 6.07) is 10.2. The molecule has 0 aliphatic carbocycles. The Labute approximate surface area is 170 Å². The summed E-state index contributed by atoms with van der Waals surface area (Å²) in [7, 11) is -1.82. The molecular weight excluding hydrogens is 368 g/mol. The van der Waals surface area contributed by atoms with E-state index >= 15 is 0 Å². The molecule has 3 unspecified atom stereocenters. The standard InChI is InChI=1S/C22H36N2O3Si/c1-21(2,3)28(5,6)27-15-18-19-12-13-22(4,16-23-18)24(19)20(25)26-14-17-10-8-7-9-11-17/h7-11,18-19,23H,12-16H2,1-6H3. The van der Waals surface area contributed by atoms with Gasteiger partial charge in [-0.1, -0.05) is 51.1 Å². The number of fused-ring (bicyclic) bond motifs is 2. The highest BCUT2D eigenvalue weighted by atomic mass is 28.4. The maximum Gasteiger partial charge on any atom is 0.410 e. The predicted molar refractivity (Wildman–Crippen MR) is 115 cm³/mol. The number of carbonyl (C=O) groups excluding carboxylic acids is 1. The maximum absolute atomic E-state index is 13.0. The number of hydrogen-bond acceptors (Lipinski definition) is 4. The van der Waals surface area contributed by atoms with Crippen molar-refractivity contribution in [3.05, 3.63) is 35.9 Å². The number of nitrogens with one attached hydrogen (secondary N) is 1. The first kappa shape index (κ1) is 21.3. The van der Waals surface area contributed by atoms with Gasteiger partial charge in [-0.3, -0.25) is 4.90 Å². The molecular formula is C22H36N2O3Si. The Bertz CT molecular complexity index is 689. The highest BCUT2D eigenvalue weighted by Crippen LogP contribution is 2.40. The van der Waals surface area contributed by atoms with Crippen LogP contribution < -0.4 is 5.32 Å². The van der Waals surface area contributed by atoms with E-state index in [0.717, 1.165) is 24.9 Å². The lowest BCUT2D eigenvalue weighted by atomic mass is 9.98. The number of hydrogen-bond donors (Lipinski definition) is 1. The van der Waals surface area contributed by atoms with Crippen molar-refractivity contribution < 1.29 is 14.0 Å². The summed E-state index contributed by atoms with van der Waals surface area (Å²) in [5.41, 5.74) is 0.840. The van der Waals surface area contributed by atoms with Crippen LogP contribution in [0.3, 0.4) is 0 Å². The first-order valence-electron chi connectivity index (χ1n) is 10.4. The van der Waals surface area contributed by atoms with Crippen LogP contribution in [0, 0.1) is 0 Å². The van der Waals surface area contributed by atoms with Gasteiger partial charge in [-0.25, -0.2) is 4.79 Å². The van der Waals surface area contributed by atoms with Crippen molar-refractivity contribution in [2.24, 2.45) is 0 Å². The summed E-state index contributed by atoms with van der Waals surface area (Å²) in [5, 5.41) is 3.83. The molecule has 1 N–H and O–H groups in total. The zero-order valence-electron chi connectivity index (χ0n) is 18.2. The second kappa shape index (κ2) is 7.80. The van der Waals surface area contributed by atoms with Crippen LogP contribution in [0.2, 0.25) is 18.1 Å². The van der Waals surface area contributed by atoms with E-state index in [0.29, 0.717) is 13.2 Å². The van der Waals surface area contributed by atoms with Gasteiger partial charge in [0.2, 0.25) is 0 Å². The molecule has 2 heterocycles. The van der Waals surface area contributed by atoms with E-state index in [1.807, 2.05) is 35.2 Å². The molecule has 3 atom stereocenters. The van der Waals surface area contributed by atoms with Gasteiger partial charge >= 0.3 is 6.09 Å². The monoisotopic (exact) mass is 404 g/mol. The van der Waals surface area contributed by atoms with Gasteiger partial charge < -0.3 is 14.5 Å². The largest absolute Gasteiger partial charge is 0.445 e. The summed E-state index contributed by atoms with van der Waals surface area (Å²) in [6.45, 7) is 15.2. The Morgan fingerprint density at radius 1 is 1.29 bits per heavy atom. The summed E-state index contributed by atoms with van der Waals surface area (Å²) in [6.07, 6.45) is 1.80. The smallest absolute Gasteiger partial charge is 0.410 e. The fourth-order valence-electron chi connectivity index (χ4n) is 3.98. The van der Waals surface area contributed by atoms with Crippen molar-refractivity contribution in [3.8, 4) is 0 Å². The van der Waals surface area contributed by atoms with Gasteiger partial charge in [0.15, 0.2) is 8.32 Å². The molecule has 1 amide bonds. The summed E-state index contributed by atoms with van der Waals surface area (Å²) in [5.74, 6) is 0. The predicted octanol–water partition coefficient (Wildman–Crippen LogP) is 4.54. The number of rotatable bonds is 5. The molecule has 2 aliphatic rings. The van der Waals surface area contributed by atoms with E-state index < -0.39 is 8.32 Å². The lowest BCUT2D eigenvalue weighted by Crippen LogP contribution is -2.66. The summed E-state index contributed by atoms with van der Waals surface area (Å²) >= 11 is 0. The molecule has 6 heteroatoms. The van der Waals surface area contributed by atoms with Crippen molar-refractivity contribution in [2.75, 3.05) is 13.2 Å². The third-order valence-electron chi connectivity index (χ3n) is 6.93. The van der Waals surface area contributed by atoms with Crippen molar-refractivity contribution in [3.63, 3.8) is 0 Å². The van der Waals surface area contributed by atoms with Crippen molar-refractivity contribution in [1.82, 2.24) is 10.2 Å². The van der Waals surface area contributed by atoms with Crippen LogP contribution in [-0.2, 0) is 15.8 Å². The zero-order chi connectivity index (χ0) is 20.6. The molecule has 0 aromatic heterocycles. The minimum absolute atomic E-state index is 0.131. The number of amides is 1. The molecule has 2 bridgehead atoms. The van der Waals surface area contributed by atoms with E-state index in [1.54, 1.807) is 0 Å². The van der Waals surface area contributed by atoms with Gasteiger partial charge in [-0.2, -0.15) is 0 Å². The molecule has 2 aliphatic heterocycles. The Balaban J connectivity index is 1.65. The quantitative estimate of drug-likeness (QED) is 0.732. The number of nitrogens with zero attached hydrogens (tertiary/aromatic N) is 1. The number of carbonyl (C=O) groups is 1. The Kier molecular flexibility index (Phi) is 5.95. The van der Waals surface area contributed by atoms with E-state index in [2.05, 4.69) is 46.1 Å². The SMILES string of the molecule is CC12CCC(C(CO[Si](C)(C)C(C)(C)C)NC1)N2C(=O)OCc1ccccc1. The number of piperazine rings is 1. The van der Waals surface area contributed by atoms with Gasteiger partial charge in [-0.05, 0) is 43.5 Å². The van der Waals surface area contributed by atoms with E-state index in [9.17, 15) is 4.79 Å². The summed E-state index contributed by atoms with van der Waals surface area (Å²) < 4.78 is 12.2. The van der Waals surface area contributed by atoms with Crippen LogP contribution in [0.4, 0.5) is 4.79 Å². The molecule has 2 saturated heterocycles. The van der Waals surface area contributed by atoms with Gasteiger partial charge in [0.1, 0.15) is 6.61 Å². The topological polar surface area (TPSA) is 50.8 Å². The van der Waals surface area contributed by atoms with Crippen molar-refractivity contribution in [2.45, 2.75) is 82.9 Å². The van der Waals surface area contributed by atoms with Crippen molar-refractivity contribution in [1.29, 1.82) is 0 Å². The third kappa shape index (κ3) is 4.29. The van der Waals surface area contributed by atoms with Crippen LogP contribution in [0.25, 0.3) is 0 Å². The molecule has 1 aromatic carbocycles.